The summed E-state index contributed by atoms with van der Waals surface area (Å²) < 4.78 is 0. The number of fused-ring (bicyclic) bond motifs is 1. The van der Waals surface area contributed by atoms with E-state index in [9.17, 15) is 9.90 Å². The van der Waals surface area contributed by atoms with Crippen LogP contribution in [0.4, 0.5) is 0 Å². The highest BCUT2D eigenvalue weighted by atomic mass is 16.3. The third kappa shape index (κ3) is 2.58. The van der Waals surface area contributed by atoms with Crippen LogP contribution in [-0.2, 0) is 12.8 Å². The van der Waals surface area contributed by atoms with Gasteiger partial charge in [0.25, 0.3) is 5.91 Å². The van der Waals surface area contributed by atoms with Gasteiger partial charge in [0.05, 0.1) is 11.3 Å². The van der Waals surface area contributed by atoms with Gasteiger partial charge in [0, 0.05) is 23.3 Å². The zero-order chi connectivity index (χ0) is 14.8. The molecule has 3 aromatic rings. The molecule has 0 saturated carbocycles. The van der Waals surface area contributed by atoms with Crippen LogP contribution in [0.1, 0.15) is 21.6 Å². The van der Waals surface area contributed by atoms with E-state index in [1.807, 2.05) is 12.3 Å². The molecular formula is C16H15N3O2. The van der Waals surface area contributed by atoms with Crippen molar-refractivity contribution in [3.8, 4) is 5.75 Å². The average Bonchev–Trinajstić information content (AvgIpc) is 2.87. The zero-order valence-electron chi connectivity index (χ0n) is 11.3. The van der Waals surface area contributed by atoms with Gasteiger partial charge >= 0.3 is 0 Å². The number of aromatic nitrogens is 2. The molecular weight excluding hydrogens is 266 g/mol. The molecule has 0 saturated heterocycles. The minimum Gasteiger partial charge on any atom is -0.508 e. The van der Waals surface area contributed by atoms with Crippen LogP contribution in [0.15, 0.2) is 42.7 Å². The lowest BCUT2D eigenvalue weighted by Gasteiger charge is -2.05. The van der Waals surface area contributed by atoms with Gasteiger partial charge in [0.2, 0.25) is 0 Å². The highest BCUT2D eigenvalue weighted by Gasteiger charge is 2.10. The van der Waals surface area contributed by atoms with Crippen molar-refractivity contribution >= 4 is 16.8 Å². The van der Waals surface area contributed by atoms with E-state index in [2.05, 4.69) is 9.97 Å². The highest BCUT2D eigenvalue weighted by molar-refractivity contribution is 5.93. The summed E-state index contributed by atoms with van der Waals surface area (Å²) in [5, 5.41) is 10.6. The fourth-order valence-electron chi connectivity index (χ4n) is 2.49. The number of benzene rings is 1. The average molecular weight is 281 g/mol. The lowest BCUT2D eigenvalue weighted by molar-refractivity contribution is 0.0999. The number of aryl methyl sites for hydroxylation is 2. The van der Waals surface area contributed by atoms with Crippen molar-refractivity contribution < 1.29 is 9.90 Å². The SMILES string of the molecule is NC(=O)c1cccnc1CCc1c[nH]c2ccc(O)cc12. The number of primary amides is 1. The van der Waals surface area contributed by atoms with Crippen LogP contribution >= 0.6 is 0 Å². The Morgan fingerprint density at radius 3 is 2.95 bits per heavy atom. The number of aromatic amines is 1. The first kappa shape index (κ1) is 13.2. The molecule has 0 unspecified atom stereocenters. The number of nitrogens with one attached hydrogen (secondary N) is 1. The number of carbonyl (C=O) groups is 1. The van der Waals surface area contributed by atoms with E-state index in [1.54, 1.807) is 30.5 Å². The zero-order valence-corrected chi connectivity index (χ0v) is 11.3. The van der Waals surface area contributed by atoms with Gasteiger partial charge in [0.1, 0.15) is 5.75 Å². The van der Waals surface area contributed by atoms with E-state index >= 15 is 0 Å². The number of rotatable bonds is 4. The van der Waals surface area contributed by atoms with Gasteiger partial charge in [-0.2, -0.15) is 0 Å². The molecule has 0 spiro atoms. The number of nitrogens with zero attached hydrogens (tertiary/aromatic N) is 1. The number of hydrogen-bond acceptors (Lipinski definition) is 3. The largest absolute Gasteiger partial charge is 0.508 e. The summed E-state index contributed by atoms with van der Waals surface area (Å²) in [6, 6.07) is 8.60. The van der Waals surface area contributed by atoms with Crippen molar-refractivity contribution in [1.29, 1.82) is 0 Å². The van der Waals surface area contributed by atoms with Crippen LogP contribution in [0.2, 0.25) is 0 Å². The van der Waals surface area contributed by atoms with Crippen molar-refractivity contribution in [2.24, 2.45) is 5.73 Å². The van der Waals surface area contributed by atoms with E-state index in [4.69, 9.17) is 5.73 Å². The number of phenols is 1. The molecule has 1 amide bonds. The molecule has 4 N–H and O–H groups in total. The number of phenolic OH excluding ortho intramolecular Hbond substituents is 1. The standard InChI is InChI=1S/C16H15N3O2/c17-16(21)12-2-1-7-18-14(12)5-3-10-9-19-15-6-4-11(20)8-13(10)15/h1-2,4,6-9,19-20H,3,5H2,(H2,17,21). The Hall–Kier alpha value is -2.82. The van der Waals surface area contributed by atoms with E-state index in [1.165, 1.54) is 0 Å². The van der Waals surface area contributed by atoms with Crippen LogP contribution in [-0.4, -0.2) is 21.0 Å². The van der Waals surface area contributed by atoms with E-state index in [0.29, 0.717) is 24.1 Å². The Bertz CT molecular complexity index is 808. The number of pyridine rings is 1. The molecule has 21 heavy (non-hydrogen) atoms. The molecule has 106 valence electrons. The number of nitrogens with two attached hydrogens (primary N) is 1. The molecule has 0 atom stereocenters. The van der Waals surface area contributed by atoms with Gasteiger partial charge in [0.15, 0.2) is 0 Å². The van der Waals surface area contributed by atoms with Crippen LogP contribution in [0.3, 0.4) is 0 Å². The first-order chi connectivity index (χ1) is 10.1. The second-order valence-electron chi connectivity index (χ2n) is 4.91. The lowest BCUT2D eigenvalue weighted by Crippen LogP contribution is -2.15. The van der Waals surface area contributed by atoms with E-state index in [0.717, 1.165) is 16.5 Å². The van der Waals surface area contributed by atoms with Crippen molar-refractivity contribution in [3.05, 3.63) is 59.5 Å². The third-order valence-electron chi connectivity index (χ3n) is 3.54. The summed E-state index contributed by atoms with van der Waals surface area (Å²) in [5.41, 5.74) is 8.55. The Kier molecular flexibility index (Phi) is 3.31. The topological polar surface area (TPSA) is 92.0 Å². The van der Waals surface area contributed by atoms with Crippen LogP contribution in [0.25, 0.3) is 10.9 Å². The number of amides is 1. The number of aromatic hydroxyl groups is 1. The van der Waals surface area contributed by atoms with Crippen molar-refractivity contribution in [2.45, 2.75) is 12.8 Å². The third-order valence-corrected chi connectivity index (χ3v) is 3.54. The monoisotopic (exact) mass is 281 g/mol. The molecule has 5 heteroatoms. The van der Waals surface area contributed by atoms with Crippen LogP contribution < -0.4 is 5.73 Å². The molecule has 0 aliphatic rings. The predicted molar refractivity (Wildman–Crippen MR) is 80.1 cm³/mol. The summed E-state index contributed by atoms with van der Waals surface area (Å²) in [5.74, 6) is -0.228. The fraction of sp³-hybridized carbons (Fsp3) is 0.125. The molecule has 0 fully saturated rings. The molecule has 0 aliphatic carbocycles. The van der Waals surface area contributed by atoms with Crippen molar-refractivity contribution in [1.82, 2.24) is 9.97 Å². The van der Waals surface area contributed by atoms with Gasteiger partial charge in [-0.3, -0.25) is 9.78 Å². The quantitative estimate of drug-likeness (QED) is 0.684. The predicted octanol–water partition coefficient (Wildman–Crippen LogP) is 2.15. The summed E-state index contributed by atoms with van der Waals surface area (Å²) in [4.78, 5) is 18.8. The number of carbonyl (C=O) groups excluding carboxylic acids is 1. The molecule has 3 rings (SSSR count). The Balaban J connectivity index is 1.87. The molecule has 0 aliphatic heterocycles. The van der Waals surface area contributed by atoms with Gasteiger partial charge in [-0.15, -0.1) is 0 Å². The van der Waals surface area contributed by atoms with Gasteiger partial charge in [-0.1, -0.05) is 0 Å². The molecule has 2 aromatic heterocycles. The lowest BCUT2D eigenvalue weighted by atomic mass is 10.0. The van der Waals surface area contributed by atoms with E-state index < -0.39 is 5.91 Å². The minimum absolute atomic E-state index is 0.235. The van der Waals surface area contributed by atoms with Crippen molar-refractivity contribution in [3.63, 3.8) is 0 Å². The summed E-state index contributed by atoms with van der Waals surface area (Å²) in [6.45, 7) is 0. The summed E-state index contributed by atoms with van der Waals surface area (Å²) >= 11 is 0. The van der Waals surface area contributed by atoms with Crippen LogP contribution in [0.5, 0.6) is 5.75 Å². The maximum Gasteiger partial charge on any atom is 0.250 e. The van der Waals surface area contributed by atoms with Gasteiger partial charge in [-0.05, 0) is 48.7 Å². The number of hydrogen-bond donors (Lipinski definition) is 3. The first-order valence-electron chi connectivity index (χ1n) is 6.68. The minimum atomic E-state index is -0.463. The summed E-state index contributed by atoms with van der Waals surface area (Å²) in [7, 11) is 0. The first-order valence-corrected chi connectivity index (χ1v) is 6.68. The second kappa shape index (κ2) is 5.28. The maximum atomic E-state index is 11.4. The summed E-state index contributed by atoms with van der Waals surface area (Å²) in [6.07, 6.45) is 4.89. The molecule has 0 radical (unpaired) electrons. The smallest absolute Gasteiger partial charge is 0.250 e. The number of H-pyrrole nitrogens is 1. The second-order valence-corrected chi connectivity index (χ2v) is 4.91. The molecule has 1 aromatic carbocycles. The van der Waals surface area contributed by atoms with Gasteiger partial charge < -0.3 is 15.8 Å². The van der Waals surface area contributed by atoms with Gasteiger partial charge in [-0.25, -0.2) is 0 Å². The van der Waals surface area contributed by atoms with Crippen LogP contribution in [0, 0.1) is 0 Å². The molecule has 2 heterocycles. The Labute approximate surface area is 121 Å². The highest BCUT2D eigenvalue weighted by Crippen LogP contribution is 2.24. The Morgan fingerprint density at radius 2 is 2.14 bits per heavy atom. The fourth-order valence-corrected chi connectivity index (χ4v) is 2.49. The van der Waals surface area contributed by atoms with E-state index in [-0.39, 0.29) is 5.75 Å². The molecule has 0 bridgehead atoms. The Morgan fingerprint density at radius 1 is 1.29 bits per heavy atom. The van der Waals surface area contributed by atoms with Crippen molar-refractivity contribution in [2.75, 3.05) is 0 Å². The molecule has 5 nitrogen and oxygen atoms in total. The normalized spacial score (nSPS) is 10.9. The maximum absolute atomic E-state index is 11.4.